The van der Waals surface area contributed by atoms with Crippen molar-refractivity contribution < 1.29 is 9.90 Å². The topological polar surface area (TPSA) is 49.3 Å². The summed E-state index contributed by atoms with van der Waals surface area (Å²) in [7, 11) is 0. The zero-order chi connectivity index (χ0) is 13.2. The Balaban J connectivity index is 2.19. The summed E-state index contributed by atoms with van der Waals surface area (Å²) in [5, 5.41) is 11.9. The number of aliphatic hydroxyl groups is 1. The second kappa shape index (κ2) is 9.37. The van der Waals surface area contributed by atoms with E-state index in [2.05, 4.69) is 12.2 Å². The maximum atomic E-state index is 11.9. The summed E-state index contributed by atoms with van der Waals surface area (Å²) in [6.07, 6.45) is 10.2. The molecular weight excluding hydrogens is 226 g/mol. The molecule has 0 spiro atoms. The second-order valence-corrected chi connectivity index (χ2v) is 5.65. The largest absolute Gasteiger partial charge is 0.396 e. The Morgan fingerprint density at radius 2 is 1.94 bits per heavy atom. The summed E-state index contributed by atoms with van der Waals surface area (Å²) in [5.41, 5.74) is 0. The third-order valence-corrected chi connectivity index (χ3v) is 4.15. The van der Waals surface area contributed by atoms with Crippen LogP contribution in [0.15, 0.2) is 0 Å². The van der Waals surface area contributed by atoms with E-state index in [0.29, 0.717) is 18.3 Å². The first-order chi connectivity index (χ1) is 8.76. The van der Waals surface area contributed by atoms with Crippen LogP contribution in [0.1, 0.15) is 64.7 Å². The van der Waals surface area contributed by atoms with Gasteiger partial charge in [0.05, 0.1) is 0 Å². The quantitative estimate of drug-likeness (QED) is 0.687. The van der Waals surface area contributed by atoms with Crippen molar-refractivity contribution in [1.82, 2.24) is 5.32 Å². The molecule has 2 N–H and O–H groups in total. The Kier molecular flexibility index (Phi) is 8.06. The van der Waals surface area contributed by atoms with E-state index in [0.717, 1.165) is 19.4 Å². The number of aliphatic hydroxyl groups excluding tert-OH is 1. The van der Waals surface area contributed by atoms with Crippen LogP contribution >= 0.6 is 0 Å². The highest BCUT2D eigenvalue weighted by molar-refractivity contribution is 5.76. The van der Waals surface area contributed by atoms with Gasteiger partial charge >= 0.3 is 0 Å². The molecule has 1 aliphatic rings. The molecule has 0 aromatic heterocycles. The zero-order valence-electron chi connectivity index (χ0n) is 11.8. The molecular formula is C15H29NO2. The average molecular weight is 255 g/mol. The summed E-state index contributed by atoms with van der Waals surface area (Å²) >= 11 is 0. The number of nitrogens with one attached hydrogen (secondary N) is 1. The van der Waals surface area contributed by atoms with Gasteiger partial charge in [0.2, 0.25) is 5.91 Å². The van der Waals surface area contributed by atoms with Crippen LogP contribution in [0.25, 0.3) is 0 Å². The minimum atomic E-state index is 0.207. The fraction of sp³-hybridized carbons (Fsp3) is 0.933. The van der Waals surface area contributed by atoms with Gasteiger partial charge in [0, 0.05) is 19.6 Å². The molecule has 0 saturated heterocycles. The Morgan fingerprint density at radius 1 is 1.28 bits per heavy atom. The molecule has 1 fully saturated rings. The molecule has 3 nitrogen and oxygen atoms in total. The molecule has 0 radical (unpaired) electrons. The number of amides is 1. The predicted molar refractivity (Wildman–Crippen MR) is 74.3 cm³/mol. The average Bonchev–Trinajstić information content (AvgIpc) is 2.63. The lowest BCUT2D eigenvalue weighted by Gasteiger charge is -2.17. The standard InChI is InChI=1S/C15H29NO2/c1-2-13(9-10-17)12-16-15(18)11-14-7-5-3-4-6-8-14/h13-14,17H,2-12H2,1H3,(H,16,18). The van der Waals surface area contributed by atoms with Gasteiger partial charge in [0.1, 0.15) is 0 Å². The van der Waals surface area contributed by atoms with Crippen molar-refractivity contribution in [2.75, 3.05) is 13.2 Å². The van der Waals surface area contributed by atoms with Crippen molar-refractivity contribution in [3.8, 4) is 0 Å². The highest BCUT2D eigenvalue weighted by Gasteiger charge is 2.16. The van der Waals surface area contributed by atoms with Crippen LogP contribution in [0.4, 0.5) is 0 Å². The first kappa shape index (κ1) is 15.5. The minimum absolute atomic E-state index is 0.207. The van der Waals surface area contributed by atoms with Crippen molar-refractivity contribution in [2.24, 2.45) is 11.8 Å². The molecule has 1 saturated carbocycles. The summed E-state index contributed by atoms with van der Waals surface area (Å²) in [4.78, 5) is 11.9. The van der Waals surface area contributed by atoms with Gasteiger partial charge in [-0.1, -0.05) is 39.0 Å². The maximum Gasteiger partial charge on any atom is 0.220 e. The van der Waals surface area contributed by atoms with E-state index in [1.807, 2.05) is 0 Å². The van der Waals surface area contributed by atoms with Crippen molar-refractivity contribution in [2.45, 2.75) is 64.7 Å². The third kappa shape index (κ3) is 6.39. The van der Waals surface area contributed by atoms with Crippen LogP contribution in [0, 0.1) is 11.8 Å². The Bertz CT molecular complexity index is 223. The lowest BCUT2D eigenvalue weighted by atomic mass is 9.96. The minimum Gasteiger partial charge on any atom is -0.396 e. The van der Waals surface area contributed by atoms with Crippen molar-refractivity contribution >= 4 is 5.91 Å². The lowest BCUT2D eigenvalue weighted by molar-refractivity contribution is -0.122. The zero-order valence-corrected chi connectivity index (χ0v) is 11.8. The molecule has 0 aliphatic heterocycles. The van der Waals surface area contributed by atoms with Crippen LogP contribution in [-0.4, -0.2) is 24.2 Å². The van der Waals surface area contributed by atoms with Gasteiger partial charge in [-0.2, -0.15) is 0 Å². The predicted octanol–water partition coefficient (Wildman–Crippen LogP) is 2.87. The monoisotopic (exact) mass is 255 g/mol. The molecule has 0 aromatic carbocycles. The fourth-order valence-corrected chi connectivity index (χ4v) is 2.79. The van der Waals surface area contributed by atoms with E-state index in [4.69, 9.17) is 5.11 Å². The van der Waals surface area contributed by atoms with E-state index in [1.54, 1.807) is 0 Å². The van der Waals surface area contributed by atoms with Gasteiger partial charge < -0.3 is 10.4 Å². The van der Waals surface area contributed by atoms with E-state index in [-0.39, 0.29) is 12.5 Å². The van der Waals surface area contributed by atoms with Gasteiger partial charge in [0.15, 0.2) is 0 Å². The number of hydrogen-bond donors (Lipinski definition) is 2. The molecule has 3 heteroatoms. The summed E-state index contributed by atoms with van der Waals surface area (Å²) < 4.78 is 0. The molecule has 1 rings (SSSR count). The van der Waals surface area contributed by atoms with Gasteiger partial charge in [-0.05, 0) is 31.1 Å². The van der Waals surface area contributed by atoms with Crippen molar-refractivity contribution in [3.63, 3.8) is 0 Å². The molecule has 1 aliphatic carbocycles. The van der Waals surface area contributed by atoms with Crippen molar-refractivity contribution in [3.05, 3.63) is 0 Å². The molecule has 106 valence electrons. The Hall–Kier alpha value is -0.570. The second-order valence-electron chi connectivity index (χ2n) is 5.65. The Morgan fingerprint density at radius 3 is 2.50 bits per heavy atom. The molecule has 1 unspecified atom stereocenters. The molecule has 0 heterocycles. The number of carbonyl (C=O) groups is 1. The number of hydrogen-bond acceptors (Lipinski definition) is 2. The van der Waals surface area contributed by atoms with Crippen LogP contribution < -0.4 is 5.32 Å². The normalized spacial score (nSPS) is 19.2. The molecule has 0 bridgehead atoms. The molecule has 18 heavy (non-hydrogen) atoms. The first-order valence-electron chi connectivity index (χ1n) is 7.63. The Labute approximate surface area is 111 Å². The third-order valence-electron chi connectivity index (χ3n) is 4.15. The fourth-order valence-electron chi connectivity index (χ4n) is 2.79. The molecule has 1 atom stereocenters. The van der Waals surface area contributed by atoms with Crippen LogP contribution in [-0.2, 0) is 4.79 Å². The molecule has 0 aromatic rings. The van der Waals surface area contributed by atoms with Gasteiger partial charge in [0.25, 0.3) is 0 Å². The highest BCUT2D eigenvalue weighted by Crippen LogP contribution is 2.25. The SMILES string of the molecule is CCC(CCO)CNC(=O)CC1CCCCCC1. The maximum absolute atomic E-state index is 11.9. The first-order valence-corrected chi connectivity index (χ1v) is 7.63. The van der Waals surface area contributed by atoms with E-state index < -0.39 is 0 Å². The van der Waals surface area contributed by atoms with E-state index >= 15 is 0 Å². The van der Waals surface area contributed by atoms with Crippen LogP contribution in [0.2, 0.25) is 0 Å². The summed E-state index contributed by atoms with van der Waals surface area (Å²) in [6.45, 7) is 3.05. The highest BCUT2D eigenvalue weighted by atomic mass is 16.3. The lowest BCUT2D eigenvalue weighted by Crippen LogP contribution is -2.30. The van der Waals surface area contributed by atoms with E-state index in [9.17, 15) is 4.79 Å². The van der Waals surface area contributed by atoms with Crippen LogP contribution in [0.5, 0.6) is 0 Å². The number of rotatable bonds is 7. The van der Waals surface area contributed by atoms with Crippen molar-refractivity contribution in [1.29, 1.82) is 0 Å². The molecule has 1 amide bonds. The summed E-state index contributed by atoms with van der Waals surface area (Å²) in [6, 6.07) is 0. The van der Waals surface area contributed by atoms with Gasteiger partial charge in [-0.15, -0.1) is 0 Å². The van der Waals surface area contributed by atoms with E-state index in [1.165, 1.54) is 38.5 Å². The van der Waals surface area contributed by atoms with Gasteiger partial charge in [-0.3, -0.25) is 4.79 Å². The van der Waals surface area contributed by atoms with Gasteiger partial charge in [-0.25, -0.2) is 0 Å². The van der Waals surface area contributed by atoms with Crippen LogP contribution in [0.3, 0.4) is 0 Å². The summed E-state index contributed by atoms with van der Waals surface area (Å²) in [5.74, 6) is 1.23. The smallest absolute Gasteiger partial charge is 0.220 e. The number of carbonyl (C=O) groups excluding carboxylic acids is 1.